The molecule has 1 atom stereocenters. The van der Waals surface area contributed by atoms with Crippen molar-refractivity contribution in [2.45, 2.75) is 32.7 Å². The van der Waals surface area contributed by atoms with Crippen LogP contribution in [0.25, 0.3) is 0 Å². The molecule has 0 spiro atoms. The molecule has 0 aliphatic rings. The molecule has 0 bridgehead atoms. The molecule has 0 aliphatic carbocycles. The summed E-state index contributed by atoms with van der Waals surface area (Å²) < 4.78 is 30.5. The van der Waals surface area contributed by atoms with Gasteiger partial charge in [-0.15, -0.1) is 0 Å². The van der Waals surface area contributed by atoms with E-state index in [1.54, 1.807) is 6.92 Å². The number of amidine groups is 1. The lowest BCUT2D eigenvalue weighted by Crippen LogP contribution is -2.45. The van der Waals surface area contributed by atoms with Crippen LogP contribution in [0.1, 0.15) is 26.7 Å². The van der Waals surface area contributed by atoms with Crippen LogP contribution in [-0.4, -0.2) is 39.3 Å². The Bertz CT molecular complexity index is 303. The maximum Gasteiger partial charge on any atom is 0.214 e. The van der Waals surface area contributed by atoms with E-state index in [0.717, 1.165) is 6.42 Å². The van der Waals surface area contributed by atoms with Gasteiger partial charge in [0.25, 0.3) is 0 Å². The van der Waals surface area contributed by atoms with Crippen molar-refractivity contribution in [3.05, 3.63) is 0 Å². The third-order valence-corrected chi connectivity index (χ3v) is 3.32. The molecular weight excluding hydrogens is 230 g/mol. The first-order valence-electron chi connectivity index (χ1n) is 5.34. The number of hydrogen-bond donors (Lipinski definition) is 3. The summed E-state index contributed by atoms with van der Waals surface area (Å²) >= 11 is 0. The van der Waals surface area contributed by atoms with Crippen molar-refractivity contribution < 1.29 is 13.2 Å². The lowest BCUT2D eigenvalue weighted by molar-refractivity contribution is 0.163. The largest absolute Gasteiger partial charge is 0.386 e. The van der Waals surface area contributed by atoms with Gasteiger partial charge in [-0.05, 0) is 13.3 Å². The van der Waals surface area contributed by atoms with Crippen molar-refractivity contribution in [2.24, 2.45) is 5.73 Å². The van der Waals surface area contributed by atoms with Crippen molar-refractivity contribution in [3.63, 3.8) is 0 Å². The molecule has 0 aromatic carbocycles. The van der Waals surface area contributed by atoms with Gasteiger partial charge in [-0.3, -0.25) is 5.41 Å². The number of hydrogen-bond acceptors (Lipinski definition) is 4. The van der Waals surface area contributed by atoms with E-state index in [1.165, 1.54) is 0 Å². The van der Waals surface area contributed by atoms with Crippen LogP contribution in [0.5, 0.6) is 0 Å². The molecule has 7 heteroatoms. The second kappa shape index (κ2) is 7.59. The van der Waals surface area contributed by atoms with Gasteiger partial charge in [0.2, 0.25) is 10.0 Å². The molecule has 0 heterocycles. The van der Waals surface area contributed by atoms with E-state index in [4.69, 9.17) is 15.9 Å². The Kier molecular flexibility index (Phi) is 7.27. The third kappa shape index (κ3) is 6.76. The number of nitrogens with two attached hydrogens (primary N) is 1. The second-order valence-corrected chi connectivity index (χ2v) is 5.30. The summed E-state index contributed by atoms with van der Waals surface area (Å²) in [5.74, 6) is -0.254. The standard InChI is InChI=1S/C9H21N3O3S/c1-3-5-8(9(10)11)12-16(13,14)7-6-15-4-2/h8,12H,3-7H2,1-2H3,(H3,10,11). The molecule has 1 unspecified atom stereocenters. The van der Waals surface area contributed by atoms with Crippen molar-refractivity contribution in [3.8, 4) is 0 Å². The van der Waals surface area contributed by atoms with Crippen LogP contribution >= 0.6 is 0 Å². The molecular formula is C9H21N3O3S. The van der Waals surface area contributed by atoms with Gasteiger partial charge in [0.05, 0.1) is 18.4 Å². The van der Waals surface area contributed by atoms with Gasteiger partial charge in [-0.1, -0.05) is 13.3 Å². The number of ether oxygens (including phenoxy) is 1. The summed E-state index contributed by atoms with van der Waals surface area (Å²) in [6.07, 6.45) is 1.29. The van der Waals surface area contributed by atoms with Gasteiger partial charge in [-0.2, -0.15) is 0 Å². The summed E-state index contributed by atoms with van der Waals surface area (Å²) in [5, 5.41) is 7.27. The average Bonchev–Trinajstić information content (AvgIpc) is 2.17. The van der Waals surface area contributed by atoms with E-state index in [9.17, 15) is 8.42 Å². The van der Waals surface area contributed by atoms with E-state index < -0.39 is 16.1 Å². The fraction of sp³-hybridized carbons (Fsp3) is 0.889. The molecule has 0 aromatic heterocycles. The minimum absolute atomic E-state index is 0.103. The SMILES string of the molecule is CCCC(NS(=O)(=O)CCOCC)C(=N)N. The Labute approximate surface area is 97.1 Å². The van der Waals surface area contributed by atoms with Gasteiger partial charge in [0.15, 0.2) is 0 Å². The maximum atomic E-state index is 11.6. The molecule has 16 heavy (non-hydrogen) atoms. The smallest absolute Gasteiger partial charge is 0.214 e. The first-order valence-corrected chi connectivity index (χ1v) is 6.99. The number of sulfonamides is 1. The topological polar surface area (TPSA) is 105 Å². The lowest BCUT2D eigenvalue weighted by atomic mass is 10.2. The predicted octanol–water partition coefficient (Wildman–Crippen LogP) is 0.0470. The molecule has 0 amide bonds. The van der Waals surface area contributed by atoms with Crippen LogP contribution in [-0.2, 0) is 14.8 Å². The monoisotopic (exact) mass is 251 g/mol. The van der Waals surface area contributed by atoms with Gasteiger partial charge in [0.1, 0.15) is 5.84 Å². The molecule has 0 saturated carbocycles. The van der Waals surface area contributed by atoms with Gasteiger partial charge in [0, 0.05) is 6.61 Å². The molecule has 0 fully saturated rings. The summed E-state index contributed by atoms with van der Waals surface area (Å²) in [7, 11) is -3.42. The summed E-state index contributed by atoms with van der Waals surface area (Å²) in [5.41, 5.74) is 5.31. The molecule has 0 saturated heterocycles. The van der Waals surface area contributed by atoms with Crippen LogP contribution in [0, 0.1) is 5.41 Å². The van der Waals surface area contributed by atoms with Crippen LogP contribution in [0.15, 0.2) is 0 Å². The summed E-state index contributed by atoms with van der Waals surface area (Å²) in [4.78, 5) is 0. The summed E-state index contributed by atoms with van der Waals surface area (Å²) in [6.45, 7) is 4.35. The zero-order valence-electron chi connectivity index (χ0n) is 9.82. The maximum absolute atomic E-state index is 11.6. The van der Waals surface area contributed by atoms with Crippen LogP contribution in [0.4, 0.5) is 0 Å². The van der Waals surface area contributed by atoms with Crippen molar-refractivity contribution >= 4 is 15.9 Å². The Balaban J connectivity index is 4.25. The van der Waals surface area contributed by atoms with Crippen molar-refractivity contribution in [1.82, 2.24) is 4.72 Å². The lowest BCUT2D eigenvalue weighted by Gasteiger charge is -2.16. The van der Waals surface area contributed by atoms with Crippen LogP contribution in [0.2, 0.25) is 0 Å². The van der Waals surface area contributed by atoms with E-state index in [1.807, 2.05) is 6.92 Å². The number of rotatable bonds is 9. The molecule has 4 N–H and O–H groups in total. The molecule has 0 aromatic rings. The quantitative estimate of drug-likeness (QED) is 0.306. The van der Waals surface area contributed by atoms with Crippen molar-refractivity contribution in [1.29, 1.82) is 5.41 Å². The first-order chi connectivity index (χ1) is 7.43. The highest BCUT2D eigenvalue weighted by Crippen LogP contribution is 1.99. The molecule has 96 valence electrons. The summed E-state index contributed by atoms with van der Waals surface area (Å²) in [6, 6.07) is -0.600. The fourth-order valence-corrected chi connectivity index (χ4v) is 2.29. The van der Waals surface area contributed by atoms with E-state index in [-0.39, 0.29) is 18.2 Å². The highest BCUT2D eigenvalue weighted by Gasteiger charge is 2.19. The third-order valence-electron chi connectivity index (χ3n) is 1.98. The Morgan fingerprint density at radius 1 is 1.50 bits per heavy atom. The molecule has 6 nitrogen and oxygen atoms in total. The Hall–Kier alpha value is -0.660. The Morgan fingerprint density at radius 2 is 2.12 bits per heavy atom. The highest BCUT2D eigenvalue weighted by atomic mass is 32.2. The van der Waals surface area contributed by atoms with Crippen LogP contribution < -0.4 is 10.5 Å². The normalized spacial score (nSPS) is 13.6. The van der Waals surface area contributed by atoms with Gasteiger partial charge < -0.3 is 10.5 Å². The minimum atomic E-state index is -3.42. The molecule has 0 aliphatic heterocycles. The average molecular weight is 251 g/mol. The zero-order chi connectivity index (χ0) is 12.6. The second-order valence-electron chi connectivity index (χ2n) is 3.43. The highest BCUT2D eigenvalue weighted by molar-refractivity contribution is 7.89. The van der Waals surface area contributed by atoms with E-state index in [0.29, 0.717) is 13.0 Å². The van der Waals surface area contributed by atoms with Crippen molar-refractivity contribution in [2.75, 3.05) is 19.0 Å². The van der Waals surface area contributed by atoms with E-state index in [2.05, 4.69) is 4.72 Å². The first kappa shape index (κ1) is 15.3. The van der Waals surface area contributed by atoms with Gasteiger partial charge in [-0.25, -0.2) is 13.1 Å². The number of nitrogens with one attached hydrogen (secondary N) is 2. The Morgan fingerprint density at radius 3 is 2.56 bits per heavy atom. The fourth-order valence-electron chi connectivity index (χ4n) is 1.16. The minimum Gasteiger partial charge on any atom is -0.386 e. The molecule has 0 rings (SSSR count). The molecule has 0 radical (unpaired) electrons. The predicted molar refractivity (Wildman–Crippen MR) is 64.0 cm³/mol. The van der Waals surface area contributed by atoms with E-state index >= 15 is 0 Å². The van der Waals surface area contributed by atoms with Gasteiger partial charge >= 0.3 is 0 Å². The van der Waals surface area contributed by atoms with Crippen LogP contribution in [0.3, 0.4) is 0 Å². The zero-order valence-corrected chi connectivity index (χ0v) is 10.6.